The molecule has 0 spiro atoms. The van der Waals surface area contributed by atoms with Crippen molar-refractivity contribution >= 4 is 17.4 Å². The van der Waals surface area contributed by atoms with E-state index in [0.717, 1.165) is 23.4 Å². The number of benzene rings is 2. The summed E-state index contributed by atoms with van der Waals surface area (Å²) in [6, 6.07) is 12.8. The van der Waals surface area contributed by atoms with Gasteiger partial charge in [-0.15, -0.1) is 0 Å². The van der Waals surface area contributed by atoms with Crippen LogP contribution >= 0.6 is 0 Å². The second-order valence-corrected chi connectivity index (χ2v) is 7.95. The van der Waals surface area contributed by atoms with E-state index in [9.17, 15) is 9.59 Å². The van der Waals surface area contributed by atoms with Crippen molar-refractivity contribution in [2.45, 2.75) is 32.2 Å². The number of nitrogens with zero attached hydrogens (tertiary/aromatic N) is 2. The SMILES string of the molecule is COc1ccc2c(c1)C(CC(=O)c1ccc(C(=O)N(C)C)cc1)=NC(C)(C)C2. The fourth-order valence-electron chi connectivity index (χ4n) is 3.48. The molecule has 3 rings (SSSR count). The topological polar surface area (TPSA) is 59.0 Å². The molecule has 0 saturated heterocycles. The first kappa shape index (κ1) is 19.8. The molecule has 1 heterocycles. The Hall–Kier alpha value is -2.95. The summed E-state index contributed by atoms with van der Waals surface area (Å²) in [5, 5.41) is 0. The van der Waals surface area contributed by atoms with Gasteiger partial charge in [-0.05, 0) is 50.1 Å². The Kier molecular flexibility index (Phi) is 5.36. The maximum Gasteiger partial charge on any atom is 0.253 e. The van der Waals surface area contributed by atoms with Crippen LogP contribution in [0.2, 0.25) is 0 Å². The third-order valence-electron chi connectivity index (χ3n) is 4.88. The lowest BCUT2D eigenvalue weighted by molar-refractivity contribution is 0.0827. The third-order valence-corrected chi connectivity index (χ3v) is 4.88. The van der Waals surface area contributed by atoms with Crippen LogP contribution in [0.25, 0.3) is 0 Å². The van der Waals surface area contributed by atoms with E-state index in [1.165, 1.54) is 10.5 Å². The predicted octanol–water partition coefficient (Wildman–Crippen LogP) is 3.79. The predicted molar refractivity (Wildman–Crippen MR) is 111 cm³/mol. The first-order valence-electron chi connectivity index (χ1n) is 9.31. The average molecular weight is 378 g/mol. The highest BCUT2D eigenvalue weighted by molar-refractivity contribution is 6.17. The van der Waals surface area contributed by atoms with Crippen molar-refractivity contribution in [3.05, 3.63) is 64.7 Å². The van der Waals surface area contributed by atoms with Gasteiger partial charge in [0, 0.05) is 30.8 Å². The molecule has 0 aliphatic carbocycles. The van der Waals surface area contributed by atoms with Crippen molar-refractivity contribution in [2.24, 2.45) is 4.99 Å². The van der Waals surface area contributed by atoms with Gasteiger partial charge in [0.1, 0.15) is 5.75 Å². The molecule has 0 saturated carbocycles. The van der Waals surface area contributed by atoms with Crippen LogP contribution in [0.1, 0.15) is 52.1 Å². The van der Waals surface area contributed by atoms with Crippen molar-refractivity contribution in [2.75, 3.05) is 21.2 Å². The van der Waals surface area contributed by atoms with Crippen molar-refractivity contribution in [1.29, 1.82) is 0 Å². The summed E-state index contributed by atoms with van der Waals surface area (Å²) in [7, 11) is 5.04. The van der Waals surface area contributed by atoms with Gasteiger partial charge in [-0.25, -0.2) is 0 Å². The Morgan fingerprint density at radius 3 is 2.32 bits per heavy atom. The number of aliphatic imine (C=N–C) groups is 1. The minimum atomic E-state index is -0.251. The van der Waals surface area contributed by atoms with Gasteiger partial charge in [-0.3, -0.25) is 14.6 Å². The van der Waals surface area contributed by atoms with Gasteiger partial charge in [0.05, 0.1) is 24.8 Å². The number of ketones is 1. The first-order chi connectivity index (χ1) is 13.2. The van der Waals surface area contributed by atoms with Crippen molar-refractivity contribution in [1.82, 2.24) is 4.90 Å². The number of carbonyl (C=O) groups is 2. The number of ether oxygens (including phenoxy) is 1. The molecule has 1 amide bonds. The molecule has 2 aromatic rings. The number of methoxy groups -OCH3 is 1. The van der Waals surface area contributed by atoms with Crippen LogP contribution in [0.5, 0.6) is 5.75 Å². The summed E-state index contributed by atoms with van der Waals surface area (Å²) in [5.74, 6) is 0.651. The van der Waals surface area contributed by atoms with Crippen LogP contribution in [0.3, 0.4) is 0 Å². The van der Waals surface area contributed by atoms with E-state index in [2.05, 4.69) is 19.9 Å². The summed E-state index contributed by atoms with van der Waals surface area (Å²) < 4.78 is 5.35. The van der Waals surface area contributed by atoms with Crippen LogP contribution in [0, 0.1) is 0 Å². The molecular formula is C23H26N2O3. The summed E-state index contributed by atoms with van der Waals surface area (Å²) in [5.41, 5.74) is 3.82. The van der Waals surface area contributed by atoms with Gasteiger partial charge in [0.15, 0.2) is 5.78 Å². The number of hydrogen-bond donors (Lipinski definition) is 0. The molecular weight excluding hydrogens is 352 g/mol. The second-order valence-electron chi connectivity index (χ2n) is 7.95. The van der Waals surface area contributed by atoms with Gasteiger partial charge in [0.25, 0.3) is 5.91 Å². The van der Waals surface area contributed by atoms with E-state index < -0.39 is 0 Å². The Morgan fingerprint density at radius 1 is 1.07 bits per heavy atom. The van der Waals surface area contributed by atoms with Gasteiger partial charge in [-0.2, -0.15) is 0 Å². The van der Waals surface area contributed by atoms with E-state index in [1.54, 1.807) is 45.5 Å². The number of carbonyl (C=O) groups excluding carboxylic acids is 2. The average Bonchev–Trinajstić information content (AvgIpc) is 2.66. The number of Topliss-reactive ketones (excluding diaryl/α,β-unsaturated/α-hetero) is 1. The van der Waals surface area contributed by atoms with Crippen molar-refractivity contribution in [3.63, 3.8) is 0 Å². The van der Waals surface area contributed by atoms with E-state index >= 15 is 0 Å². The minimum Gasteiger partial charge on any atom is -0.497 e. The van der Waals surface area contributed by atoms with Crippen LogP contribution in [0.15, 0.2) is 47.5 Å². The van der Waals surface area contributed by atoms with Crippen LogP contribution in [-0.4, -0.2) is 49.0 Å². The van der Waals surface area contributed by atoms with Crippen LogP contribution in [-0.2, 0) is 6.42 Å². The van der Waals surface area contributed by atoms with Gasteiger partial charge < -0.3 is 9.64 Å². The minimum absolute atomic E-state index is 0.0194. The number of hydrogen-bond acceptors (Lipinski definition) is 4. The summed E-state index contributed by atoms with van der Waals surface area (Å²) in [4.78, 5) is 31.3. The largest absolute Gasteiger partial charge is 0.497 e. The third kappa shape index (κ3) is 4.14. The van der Waals surface area contributed by atoms with Crippen molar-refractivity contribution < 1.29 is 14.3 Å². The molecule has 5 nitrogen and oxygen atoms in total. The molecule has 0 N–H and O–H groups in total. The molecule has 0 bridgehead atoms. The Balaban J connectivity index is 1.87. The maximum absolute atomic E-state index is 12.9. The monoisotopic (exact) mass is 378 g/mol. The van der Waals surface area contributed by atoms with Gasteiger partial charge in [0.2, 0.25) is 0 Å². The highest BCUT2D eigenvalue weighted by atomic mass is 16.5. The molecule has 0 fully saturated rings. The number of rotatable bonds is 5. The lowest BCUT2D eigenvalue weighted by Gasteiger charge is -2.29. The Labute approximate surface area is 166 Å². The zero-order valence-corrected chi connectivity index (χ0v) is 17.1. The molecule has 5 heteroatoms. The first-order valence-corrected chi connectivity index (χ1v) is 9.31. The van der Waals surface area contributed by atoms with Gasteiger partial charge >= 0.3 is 0 Å². The van der Waals surface area contributed by atoms with E-state index in [0.29, 0.717) is 11.1 Å². The molecule has 28 heavy (non-hydrogen) atoms. The fraction of sp³-hybridized carbons (Fsp3) is 0.348. The van der Waals surface area contributed by atoms with Crippen LogP contribution < -0.4 is 4.74 Å². The molecule has 0 aromatic heterocycles. The smallest absolute Gasteiger partial charge is 0.253 e. The zero-order chi connectivity index (χ0) is 20.5. The van der Waals surface area contributed by atoms with Crippen LogP contribution in [0.4, 0.5) is 0 Å². The Morgan fingerprint density at radius 2 is 1.71 bits per heavy atom. The number of fused-ring (bicyclic) bond motifs is 1. The summed E-state index contributed by atoms with van der Waals surface area (Å²) in [6.45, 7) is 4.15. The molecule has 2 aromatic carbocycles. The second kappa shape index (κ2) is 7.58. The van der Waals surface area contributed by atoms with E-state index in [1.807, 2.05) is 12.1 Å². The van der Waals surface area contributed by atoms with E-state index in [-0.39, 0.29) is 23.7 Å². The van der Waals surface area contributed by atoms with Crippen molar-refractivity contribution in [3.8, 4) is 5.75 Å². The van der Waals surface area contributed by atoms with Gasteiger partial charge in [-0.1, -0.05) is 18.2 Å². The highest BCUT2D eigenvalue weighted by Gasteiger charge is 2.28. The molecule has 0 radical (unpaired) electrons. The maximum atomic E-state index is 12.9. The molecule has 1 aliphatic rings. The molecule has 0 atom stereocenters. The lowest BCUT2D eigenvalue weighted by Crippen LogP contribution is -2.30. The number of amides is 1. The molecule has 146 valence electrons. The van der Waals surface area contributed by atoms with E-state index in [4.69, 9.17) is 9.73 Å². The quantitative estimate of drug-likeness (QED) is 0.744. The lowest BCUT2D eigenvalue weighted by atomic mass is 9.85. The molecule has 1 aliphatic heterocycles. The Bertz CT molecular complexity index is 941. The standard InChI is InChI=1S/C23H26N2O3/c1-23(2)14-17-10-11-18(28-5)12-19(17)20(24-23)13-21(26)15-6-8-16(9-7-15)22(27)25(3)4/h6-12H,13-14H2,1-5H3. The normalized spacial score (nSPS) is 14.7. The summed E-state index contributed by atoms with van der Waals surface area (Å²) in [6.07, 6.45) is 1.04. The molecule has 0 unspecified atom stereocenters. The zero-order valence-electron chi connectivity index (χ0n) is 17.1. The fourth-order valence-corrected chi connectivity index (χ4v) is 3.48. The summed E-state index contributed by atoms with van der Waals surface area (Å²) >= 11 is 0. The highest BCUT2D eigenvalue weighted by Crippen LogP contribution is 2.31.